The van der Waals surface area contributed by atoms with Crippen molar-refractivity contribution in [1.82, 2.24) is 0 Å². The number of alkyl halides is 3. The van der Waals surface area contributed by atoms with E-state index in [1.165, 1.54) is 19.4 Å². The normalized spacial score (nSPS) is 11.4. The largest absolute Gasteiger partial charge is 0.497 e. The Hall–Kier alpha value is -3.68. The Morgan fingerprint density at radius 2 is 1.86 bits per heavy atom. The lowest BCUT2D eigenvalue weighted by molar-refractivity contribution is -0.137. The summed E-state index contributed by atoms with van der Waals surface area (Å²) in [7, 11) is 1.48. The first-order valence-electron chi connectivity index (χ1n) is 8.41. The van der Waals surface area contributed by atoms with Crippen molar-refractivity contribution in [2.75, 3.05) is 12.4 Å². The third-order valence-electron chi connectivity index (χ3n) is 3.78. The highest BCUT2D eigenvalue weighted by Gasteiger charge is 2.31. The number of carbonyl (C=O) groups excluding carboxylic acids is 1. The maximum Gasteiger partial charge on any atom is 0.416 e. The summed E-state index contributed by atoms with van der Waals surface area (Å²) in [5, 5.41) is 2.41. The smallest absolute Gasteiger partial charge is 0.416 e. The van der Waals surface area contributed by atoms with Crippen molar-refractivity contribution in [1.29, 1.82) is 0 Å². The van der Waals surface area contributed by atoms with E-state index in [1.807, 2.05) is 0 Å². The van der Waals surface area contributed by atoms with Gasteiger partial charge >= 0.3 is 6.18 Å². The zero-order chi connectivity index (χ0) is 20.9. The van der Waals surface area contributed by atoms with Gasteiger partial charge in [-0.25, -0.2) is 0 Å². The minimum absolute atomic E-state index is 0.0472. The lowest BCUT2D eigenvalue weighted by Gasteiger charge is -2.15. The van der Waals surface area contributed by atoms with Crippen molar-refractivity contribution in [2.45, 2.75) is 6.18 Å². The molecule has 0 spiro atoms. The van der Waals surface area contributed by atoms with E-state index < -0.39 is 17.6 Å². The molecule has 1 N–H and O–H groups in total. The van der Waals surface area contributed by atoms with Crippen LogP contribution in [0.4, 0.5) is 18.9 Å². The molecule has 29 heavy (non-hydrogen) atoms. The van der Waals surface area contributed by atoms with Gasteiger partial charge < -0.3 is 19.2 Å². The van der Waals surface area contributed by atoms with Crippen LogP contribution in [0.1, 0.15) is 11.3 Å². The van der Waals surface area contributed by atoms with Crippen molar-refractivity contribution in [3.63, 3.8) is 0 Å². The van der Waals surface area contributed by atoms with Crippen molar-refractivity contribution in [3.8, 4) is 17.2 Å². The molecule has 3 aromatic rings. The van der Waals surface area contributed by atoms with E-state index in [1.54, 1.807) is 36.4 Å². The van der Waals surface area contributed by atoms with Gasteiger partial charge in [0.05, 0.1) is 24.6 Å². The fourth-order valence-electron chi connectivity index (χ4n) is 2.40. The third-order valence-corrected chi connectivity index (χ3v) is 3.78. The van der Waals surface area contributed by atoms with Crippen molar-refractivity contribution in [3.05, 3.63) is 78.3 Å². The first-order valence-corrected chi connectivity index (χ1v) is 8.41. The maximum atomic E-state index is 13.1. The first kappa shape index (κ1) is 20.1. The Balaban J connectivity index is 1.87. The molecule has 0 unspecified atom stereocenters. The molecule has 5 nitrogen and oxygen atoms in total. The van der Waals surface area contributed by atoms with Gasteiger partial charge in [0.2, 0.25) is 5.91 Å². The number of carbonyl (C=O) groups is 1. The number of amides is 1. The molecule has 0 aliphatic carbocycles. The van der Waals surface area contributed by atoms with Crippen molar-refractivity contribution in [2.24, 2.45) is 0 Å². The number of hydrogen-bond donors (Lipinski definition) is 1. The van der Waals surface area contributed by atoms with Crippen LogP contribution in [0.25, 0.3) is 6.08 Å². The Labute approximate surface area is 164 Å². The molecule has 8 heteroatoms. The van der Waals surface area contributed by atoms with E-state index in [0.29, 0.717) is 17.3 Å². The van der Waals surface area contributed by atoms with Crippen molar-refractivity contribution < 1.29 is 31.9 Å². The Morgan fingerprint density at radius 1 is 1.07 bits per heavy atom. The summed E-state index contributed by atoms with van der Waals surface area (Å²) >= 11 is 0. The molecule has 1 aromatic heterocycles. The number of anilines is 1. The highest BCUT2D eigenvalue weighted by Crippen LogP contribution is 2.37. The number of methoxy groups -OCH3 is 1. The molecular formula is C21H16F3NO4. The van der Waals surface area contributed by atoms with Crippen LogP contribution in [-0.2, 0) is 11.0 Å². The Morgan fingerprint density at radius 3 is 2.55 bits per heavy atom. The number of hydrogen-bond acceptors (Lipinski definition) is 4. The Bertz CT molecular complexity index is 1010. The van der Waals surface area contributed by atoms with Gasteiger partial charge in [0, 0.05) is 12.1 Å². The molecule has 0 atom stereocenters. The summed E-state index contributed by atoms with van der Waals surface area (Å²) in [5.74, 6) is 0.686. The quantitative estimate of drug-likeness (QED) is 0.533. The average Bonchev–Trinajstić information content (AvgIpc) is 3.21. The maximum absolute atomic E-state index is 13.1. The highest BCUT2D eigenvalue weighted by molar-refractivity contribution is 6.02. The number of furan rings is 1. The third kappa shape index (κ3) is 5.41. The zero-order valence-electron chi connectivity index (χ0n) is 15.2. The molecule has 0 radical (unpaired) electrons. The minimum Gasteiger partial charge on any atom is -0.497 e. The van der Waals surface area contributed by atoms with Gasteiger partial charge in [0.25, 0.3) is 0 Å². The first-order chi connectivity index (χ1) is 13.8. The van der Waals surface area contributed by atoms with E-state index >= 15 is 0 Å². The number of nitrogens with one attached hydrogen (secondary N) is 1. The highest BCUT2D eigenvalue weighted by atomic mass is 19.4. The van der Waals surface area contributed by atoms with Crippen LogP contribution in [0.2, 0.25) is 0 Å². The predicted octanol–water partition coefficient (Wildman–Crippen LogP) is 5.75. The topological polar surface area (TPSA) is 60.7 Å². The van der Waals surface area contributed by atoms with E-state index in [2.05, 4.69) is 5.32 Å². The van der Waals surface area contributed by atoms with Gasteiger partial charge in [-0.1, -0.05) is 6.07 Å². The average molecular weight is 403 g/mol. The molecule has 0 fully saturated rings. The molecule has 0 aliphatic rings. The number of rotatable bonds is 6. The van der Waals surface area contributed by atoms with Crippen LogP contribution >= 0.6 is 0 Å². The minimum atomic E-state index is -4.57. The summed E-state index contributed by atoms with van der Waals surface area (Å²) < 4.78 is 55.1. The molecule has 3 rings (SSSR count). The fraction of sp³-hybridized carbons (Fsp3) is 0.0952. The van der Waals surface area contributed by atoms with E-state index in [4.69, 9.17) is 13.9 Å². The summed E-state index contributed by atoms with van der Waals surface area (Å²) in [6, 6.07) is 12.7. The molecule has 0 saturated carbocycles. The van der Waals surface area contributed by atoms with E-state index in [0.717, 1.165) is 24.3 Å². The summed E-state index contributed by atoms with van der Waals surface area (Å²) in [5.41, 5.74) is -1.04. The van der Waals surface area contributed by atoms with Gasteiger partial charge in [-0.3, -0.25) is 4.79 Å². The molecular weight excluding hydrogens is 387 g/mol. The van der Waals surface area contributed by atoms with E-state index in [-0.39, 0.29) is 11.4 Å². The number of ether oxygens (including phenoxy) is 2. The fourth-order valence-corrected chi connectivity index (χ4v) is 2.40. The standard InChI is InChI=1S/C21H16F3NO4/c1-27-16-4-2-5-17(13-16)29-19-9-7-14(21(22,23)24)12-18(19)25-20(26)10-8-15-6-3-11-28-15/h2-13H,1H3,(H,25,26)/b10-8+. The second-order valence-corrected chi connectivity index (χ2v) is 5.83. The summed E-state index contributed by atoms with van der Waals surface area (Å²) in [6.45, 7) is 0. The molecule has 1 amide bonds. The SMILES string of the molecule is COc1cccc(Oc2ccc(C(F)(F)F)cc2NC(=O)/C=C/c2ccco2)c1. The zero-order valence-corrected chi connectivity index (χ0v) is 15.2. The van der Waals surface area contributed by atoms with E-state index in [9.17, 15) is 18.0 Å². The molecule has 0 bridgehead atoms. The van der Waals surface area contributed by atoms with Crippen LogP contribution in [0, 0.1) is 0 Å². The molecule has 0 aliphatic heterocycles. The second-order valence-electron chi connectivity index (χ2n) is 5.83. The van der Waals surface area contributed by atoms with Crippen LogP contribution in [0.3, 0.4) is 0 Å². The van der Waals surface area contributed by atoms with Gasteiger partial charge in [0.1, 0.15) is 17.3 Å². The van der Waals surface area contributed by atoms with Gasteiger partial charge in [-0.05, 0) is 48.5 Å². The second kappa shape index (κ2) is 8.55. The van der Waals surface area contributed by atoms with Gasteiger partial charge in [-0.15, -0.1) is 0 Å². The number of benzene rings is 2. The van der Waals surface area contributed by atoms with Crippen LogP contribution in [0.15, 0.2) is 71.4 Å². The van der Waals surface area contributed by atoms with Crippen LogP contribution < -0.4 is 14.8 Å². The predicted molar refractivity (Wildman–Crippen MR) is 101 cm³/mol. The monoisotopic (exact) mass is 403 g/mol. The molecule has 0 saturated heterocycles. The van der Waals surface area contributed by atoms with Gasteiger partial charge in [-0.2, -0.15) is 13.2 Å². The lowest BCUT2D eigenvalue weighted by Crippen LogP contribution is -2.11. The molecule has 1 heterocycles. The summed E-state index contributed by atoms with van der Waals surface area (Å²) in [6.07, 6.45) is -0.595. The van der Waals surface area contributed by atoms with Crippen molar-refractivity contribution >= 4 is 17.7 Å². The molecule has 150 valence electrons. The lowest BCUT2D eigenvalue weighted by atomic mass is 10.1. The molecule has 2 aromatic carbocycles. The summed E-state index contributed by atoms with van der Waals surface area (Å²) in [4.78, 5) is 12.2. The Kier molecular flexibility index (Phi) is 5.92. The van der Waals surface area contributed by atoms with Gasteiger partial charge in [0.15, 0.2) is 5.75 Å². The number of halogens is 3. The van der Waals surface area contributed by atoms with Crippen LogP contribution in [0.5, 0.6) is 17.2 Å². The van der Waals surface area contributed by atoms with Crippen LogP contribution in [-0.4, -0.2) is 13.0 Å².